The number of thioether (sulfide) groups is 1. The summed E-state index contributed by atoms with van der Waals surface area (Å²) in [6.07, 6.45) is -0.344. The lowest BCUT2D eigenvalue weighted by Crippen LogP contribution is -2.37. The van der Waals surface area contributed by atoms with Crippen molar-refractivity contribution in [1.29, 1.82) is 0 Å². The third-order valence-electron chi connectivity index (χ3n) is 5.09. The highest BCUT2D eigenvalue weighted by molar-refractivity contribution is 7.98. The van der Waals surface area contributed by atoms with Gasteiger partial charge in [-0.05, 0) is 35.9 Å². The highest BCUT2D eigenvalue weighted by Gasteiger charge is 2.23. The zero-order valence-electron chi connectivity index (χ0n) is 16.5. The van der Waals surface area contributed by atoms with Crippen molar-refractivity contribution in [2.24, 2.45) is 0 Å². The maximum Gasteiger partial charge on any atom is 0.262 e. The van der Waals surface area contributed by atoms with E-state index in [4.69, 9.17) is 14.5 Å². The van der Waals surface area contributed by atoms with Crippen molar-refractivity contribution in [3.63, 3.8) is 0 Å². The Bertz CT molecular complexity index is 1310. The van der Waals surface area contributed by atoms with E-state index >= 15 is 0 Å². The van der Waals surface area contributed by atoms with Gasteiger partial charge in [0.1, 0.15) is 12.4 Å². The fourth-order valence-electron chi connectivity index (χ4n) is 3.53. The molecular weight excluding hydrogens is 415 g/mol. The van der Waals surface area contributed by atoms with Crippen LogP contribution in [0.5, 0.6) is 11.5 Å². The molecule has 2 heterocycles. The van der Waals surface area contributed by atoms with Crippen molar-refractivity contribution in [2.75, 3.05) is 6.61 Å². The van der Waals surface area contributed by atoms with Crippen molar-refractivity contribution in [1.82, 2.24) is 9.55 Å². The number of nitrogens with zero attached hydrogens (tertiary/aromatic N) is 2. The Labute approximate surface area is 182 Å². The molecule has 0 N–H and O–H groups in total. The van der Waals surface area contributed by atoms with Gasteiger partial charge in [0, 0.05) is 5.75 Å². The second-order valence-electron chi connectivity index (χ2n) is 7.20. The van der Waals surface area contributed by atoms with Crippen LogP contribution in [0.1, 0.15) is 5.56 Å². The molecule has 156 valence electrons. The molecule has 1 atom stereocenters. The number of hydrogen-bond donors (Lipinski definition) is 0. The van der Waals surface area contributed by atoms with E-state index in [1.807, 2.05) is 42.5 Å². The van der Waals surface area contributed by atoms with Gasteiger partial charge in [-0.15, -0.1) is 0 Å². The third-order valence-corrected chi connectivity index (χ3v) is 6.12. The standard InChI is InChI=1S/C24H19FN2O3S/c25-19-9-3-1-7-16(19)15-31-24-26-20-10-4-2-8-18(20)23(28)27(24)13-17-14-29-21-11-5-6-12-22(21)30-17/h1-12,17H,13-15H2. The van der Waals surface area contributed by atoms with E-state index in [1.54, 1.807) is 28.8 Å². The Morgan fingerprint density at radius 2 is 1.74 bits per heavy atom. The topological polar surface area (TPSA) is 53.4 Å². The molecule has 4 aromatic rings. The smallest absolute Gasteiger partial charge is 0.262 e. The summed E-state index contributed by atoms with van der Waals surface area (Å²) in [6, 6.07) is 21.3. The van der Waals surface area contributed by atoms with Gasteiger partial charge in [0.2, 0.25) is 0 Å². The van der Waals surface area contributed by atoms with Gasteiger partial charge in [0.05, 0.1) is 17.4 Å². The second-order valence-corrected chi connectivity index (χ2v) is 8.15. The Balaban J connectivity index is 1.48. The van der Waals surface area contributed by atoms with Crippen LogP contribution in [0.25, 0.3) is 10.9 Å². The van der Waals surface area contributed by atoms with Gasteiger partial charge in [-0.2, -0.15) is 0 Å². The molecule has 31 heavy (non-hydrogen) atoms. The molecule has 0 radical (unpaired) electrons. The van der Waals surface area contributed by atoms with Gasteiger partial charge in [-0.25, -0.2) is 9.37 Å². The van der Waals surface area contributed by atoms with Gasteiger partial charge in [0.15, 0.2) is 22.8 Å². The summed E-state index contributed by atoms with van der Waals surface area (Å²) in [7, 11) is 0. The molecule has 1 unspecified atom stereocenters. The maximum atomic E-state index is 14.1. The van der Waals surface area contributed by atoms with Crippen LogP contribution >= 0.6 is 11.8 Å². The predicted molar refractivity (Wildman–Crippen MR) is 118 cm³/mol. The van der Waals surface area contributed by atoms with E-state index in [-0.39, 0.29) is 24.0 Å². The summed E-state index contributed by atoms with van der Waals surface area (Å²) in [4.78, 5) is 18.0. The molecule has 1 aromatic heterocycles. The zero-order valence-corrected chi connectivity index (χ0v) is 17.3. The molecule has 0 fully saturated rings. The first-order valence-electron chi connectivity index (χ1n) is 9.93. The van der Waals surface area contributed by atoms with Crippen LogP contribution < -0.4 is 15.0 Å². The summed E-state index contributed by atoms with van der Waals surface area (Å²) in [5.74, 6) is 1.44. The number of rotatable bonds is 5. The fourth-order valence-corrected chi connectivity index (χ4v) is 4.53. The van der Waals surface area contributed by atoms with Crippen LogP contribution in [0, 0.1) is 5.82 Å². The Kier molecular flexibility index (Phi) is 5.34. The van der Waals surface area contributed by atoms with E-state index in [1.165, 1.54) is 17.8 Å². The van der Waals surface area contributed by atoms with Gasteiger partial charge in [-0.1, -0.05) is 54.2 Å². The number of benzene rings is 3. The average molecular weight is 434 g/mol. The van der Waals surface area contributed by atoms with Crippen LogP contribution in [0.3, 0.4) is 0 Å². The minimum absolute atomic E-state index is 0.149. The molecule has 5 rings (SSSR count). The Morgan fingerprint density at radius 1 is 1.00 bits per heavy atom. The third kappa shape index (κ3) is 4.01. The Hall–Kier alpha value is -3.32. The first kappa shape index (κ1) is 19.6. The number of aromatic nitrogens is 2. The number of halogens is 1. The van der Waals surface area contributed by atoms with E-state index in [0.717, 1.165) is 0 Å². The minimum Gasteiger partial charge on any atom is -0.486 e. The van der Waals surface area contributed by atoms with Crippen LogP contribution in [-0.4, -0.2) is 22.3 Å². The zero-order chi connectivity index (χ0) is 21.2. The SMILES string of the molecule is O=c1c2ccccc2nc(SCc2ccccc2F)n1CC1COc2ccccc2O1. The first-order chi connectivity index (χ1) is 15.2. The molecule has 3 aromatic carbocycles. The fraction of sp³-hybridized carbons (Fsp3) is 0.167. The number of para-hydroxylation sites is 3. The van der Waals surface area contributed by atoms with Crippen molar-refractivity contribution in [3.8, 4) is 11.5 Å². The largest absolute Gasteiger partial charge is 0.486 e. The van der Waals surface area contributed by atoms with E-state index in [0.29, 0.717) is 45.5 Å². The molecule has 1 aliphatic rings. The van der Waals surface area contributed by atoms with E-state index in [2.05, 4.69) is 0 Å². The van der Waals surface area contributed by atoms with E-state index < -0.39 is 0 Å². The van der Waals surface area contributed by atoms with Crippen molar-refractivity contribution in [3.05, 3.63) is 94.5 Å². The molecule has 0 saturated carbocycles. The number of fused-ring (bicyclic) bond motifs is 2. The number of ether oxygens (including phenoxy) is 2. The number of hydrogen-bond acceptors (Lipinski definition) is 5. The van der Waals surface area contributed by atoms with Crippen LogP contribution in [-0.2, 0) is 12.3 Å². The Morgan fingerprint density at radius 3 is 2.61 bits per heavy atom. The van der Waals surface area contributed by atoms with Crippen molar-refractivity contribution in [2.45, 2.75) is 23.6 Å². The molecular formula is C24H19FN2O3S. The van der Waals surface area contributed by atoms with Crippen LogP contribution in [0.4, 0.5) is 4.39 Å². The highest BCUT2D eigenvalue weighted by atomic mass is 32.2. The van der Waals surface area contributed by atoms with Gasteiger partial charge in [0.25, 0.3) is 5.56 Å². The van der Waals surface area contributed by atoms with Crippen LogP contribution in [0.2, 0.25) is 0 Å². The van der Waals surface area contributed by atoms with Crippen LogP contribution in [0.15, 0.2) is 82.7 Å². The lowest BCUT2D eigenvalue weighted by Gasteiger charge is -2.27. The van der Waals surface area contributed by atoms with Gasteiger partial charge >= 0.3 is 0 Å². The summed E-state index contributed by atoms with van der Waals surface area (Å²) >= 11 is 1.33. The molecule has 5 nitrogen and oxygen atoms in total. The highest BCUT2D eigenvalue weighted by Crippen LogP contribution is 2.31. The van der Waals surface area contributed by atoms with E-state index in [9.17, 15) is 9.18 Å². The maximum absolute atomic E-state index is 14.1. The normalized spacial score (nSPS) is 15.2. The molecule has 0 bridgehead atoms. The molecule has 0 spiro atoms. The molecule has 0 amide bonds. The molecule has 0 saturated heterocycles. The monoisotopic (exact) mass is 434 g/mol. The summed E-state index contributed by atoms with van der Waals surface area (Å²) in [5, 5.41) is 1.06. The molecule has 1 aliphatic heterocycles. The van der Waals surface area contributed by atoms with Gasteiger partial charge < -0.3 is 9.47 Å². The second kappa shape index (κ2) is 8.43. The van der Waals surface area contributed by atoms with Crippen molar-refractivity contribution < 1.29 is 13.9 Å². The molecule has 0 aliphatic carbocycles. The minimum atomic E-state index is -0.344. The van der Waals surface area contributed by atoms with Crippen molar-refractivity contribution >= 4 is 22.7 Å². The molecule has 7 heteroatoms. The lowest BCUT2D eigenvalue weighted by atomic mass is 10.2. The first-order valence-corrected chi connectivity index (χ1v) is 10.9. The summed E-state index contributed by atoms with van der Waals surface area (Å²) in [5.41, 5.74) is 1.03. The quantitative estimate of drug-likeness (QED) is 0.338. The predicted octanol–water partition coefficient (Wildman–Crippen LogP) is 4.67. The van der Waals surface area contributed by atoms with Gasteiger partial charge in [-0.3, -0.25) is 9.36 Å². The summed E-state index contributed by atoms with van der Waals surface area (Å²) in [6.45, 7) is 0.609. The average Bonchev–Trinajstić information content (AvgIpc) is 2.80. The summed E-state index contributed by atoms with van der Waals surface area (Å²) < 4.78 is 27.6. The lowest BCUT2D eigenvalue weighted by molar-refractivity contribution is 0.0757.